The third-order valence-electron chi connectivity index (χ3n) is 3.92. The molecular weight excluding hydrogens is 240 g/mol. The first kappa shape index (κ1) is 13.9. The second kappa shape index (κ2) is 5.21. The molecule has 1 aliphatic heterocycles. The predicted molar refractivity (Wildman–Crippen MR) is 75.3 cm³/mol. The molecule has 1 heterocycles. The fourth-order valence-corrected chi connectivity index (χ4v) is 2.49. The number of carbonyl (C=O) groups is 1. The summed E-state index contributed by atoms with van der Waals surface area (Å²) in [6, 6.07) is 7.44. The summed E-state index contributed by atoms with van der Waals surface area (Å²) in [4.78, 5) is 14.4. The quantitative estimate of drug-likeness (QED) is 0.885. The number of nitrogens with zero attached hydrogens (tertiary/aromatic N) is 1. The van der Waals surface area contributed by atoms with Gasteiger partial charge in [0.15, 0.2) is 0 Å². The summed E-state index contributed by atoms with van der Waals surface area (Å²) in [5.41, 5.74) is 6.74. The fraction of sp³-hybridized carbons (Fsp3) is 0.533. The Labute approximate surface area is 114 Å². The van der Waals surface area contributed by atoms with E-state index in [4.69, 9.17) is 10.5 Å². The van der Waals surface area contributed by atoms with Crippen molar-refractivity contribution in [2.45, 2.75) is 26.3 Å². The molecule has 104 valence electrons. The molecule has 2 rings (SSSR count). The lowest BCUT2D eigenvalue weighted by molar-refractivity contribution is 0.0532. The lowest BCUT2D eigenvalue weighted by Gasteiger charge is -2.42. The van der Waals surface area contributed by atoms with Crippen LogP contribution in [0.3, 0.4) is 0 Å². The summed E-state index contributed by atoms with van der Waals surface area (Å²) < 4.78 is 5.16. The van der Waals surface area contributed by atoms with Crippen molar-refractivity contribution in [3.63, 3.8) is 0 Å². The second-order valence-electron chi connectivity index (χ2n) is 5.84. The summed E-state index contributed by atoms with van der Waals surface area (Å²) in [6.07, 6.45) is 0.850. The maximum Gasteiger partial charge on any atom is 0.254 e. The van der Waals surface area contributed by atoms with E-state index in [1.807, 2.05) is 23.1 Å². The van der Waals surface area contributed by atoms with Crippen LogP contribution in [0.1, 0.15) is 30.6 Å². The van der Waals surface area contributed by atoms with E-state index in [0.717, 1.165) is 13.0 Å². The molecule has 0 aromatic heterocycles. The van der Waals surface area contributed by atoms with E-state index < -0.39 is 0 Å². The standard InChI is InChI=1S/C15H22N2O2/c1-15(2)10-17(8-7-13(15)16)14(18)11-5-4-6-12(9-11)19-3/h4-6,9,13H,7-8,10,16H2,1-3H3. The fourth-order valence-electron chi connectivity index (χ4n) is 2.49. The maximum absolute atomic E-state index is 12.5. The Kier molecular flexibility index (Phi) is 3.80. The molecule has 1 aliphatic rings. The summed E-state index contributed by atoms with van der Waals surface area (Å²) in [6.45, 7) is 5.65. The minimum absolute atomic E-state index is 0.0349. The normalized spacial score (nSPS) is 22.1. The first-order valence-electron chi connectivity index (χ1n) is 6.63. The molecule has 0 spiro atoms. The highest BCUT2D eigenvalue weighted by Gasteiger charge is 2.35. The van der Waals surface area contributed by atoms with Crippen LogP contribution in [0.5, 0.6) is 5.75 Å². The highest BCUT2D eigenvalue weighted by molar-refractivity contribution is 5.94. The number of ether oxygens (including phenoxy) is 1. The molecule has 2 N–H and O–H groups in total. The number of likely N-dealkylation sites (tertiary alicyclic amines) is 1. The first-order chi connectivity index (χ1) is 8.94. The van der Waals surface area contributed by atoms with Gasteiger partial charge in [0.05, 0.1) is 7.11 Å². The van der Waals surface area contributed by atoms with Crippen LogP contribution < -0.4 is 10.5 Å². The molecular formula is C15H22N2O2. The molecule has 1 saturated heterocycles. The average Bonchev–Trinajstić information content (AvgIpc) is 2.41. The Hall–Kier alpha value is -1.55. The van der Waals surface area contributed by atoms with Gasteiger partial charge in [0.2, 0.25) is 0 Å². The van der Waals surface area contributed by atoms with Crippen LogP contribution in [0.15, 0.2) is 24.3 Å². The van der Waals surface area contributed by atoms with Gasteiger partial charge in [0.1, 0.15) is 5.75 Å². The Morgan fingerprint density at radius 2 is 2.21 bits per heavy atom. The molecule has 0 saturated carbocycles. The molecule has 4 heteroatoms. The SMILES string of the molecule is COc1cccc(C(=O)N2CCC(N)C(C)(C)C2)c1. The zero-order valence-corrected chi connectivity index (χ0v) is 11.8. The van der Waals surface area contributed by atoms with Gasteiger partial charge in [-0.2, -0.15) is 0 Å². The third-order valence-corrected chi connectivity index (χ3v) is 3.92. The highest BCUT2D eigenvalue weighted by atomic mass is 16.5. The molecule has 1 aromatic carbocycles. The summed E-state index contributed by atoms with van der Waals surface area (Å²) in [5.74, 6) is 0.762. The largest absolute Gasteiger partial charge is 0.497 e. The van der Waals surface area contributed by atoms with Crippen molar-refractivity contribution < 1.29 is 9.53 Å². The van der Waals surface area contributed by atoms with E-state index in [0.29, 0.717) is 17.9 Å². The number of nitrogens with two attached hydrogens (primary N) is 1. The summed E-state index contributed by atoms with van der Waals surface area (Å²) >= 11 is 0. The van der Waals surface area contributed by atoms with Crippen molar-refractivity contribution in [2.24, 2.45) is 11.1 Å². The molecule has 19 heavy (non-hydrogen) atoms. The van der Waals surface area contributed by atoms with Crippen molar-refractivity contribution in [3.8, 4) is 5.75 Å². The Bertz CT molecular complexity index is 471. The smallest absolute Gasteiger partial charge is 0.254 e. The molecule has 1 aromatic rings. The van der Waals surface area contributed by atoms with Crippen LogP contribution in [0.25, 0.3) is 0 Å². The van der Waals surface area contributed by atoms with Crippen molar-refractivity contribution >= 4 is 5.91 Å². The zero-order valence-electron chi connectivity index (χ0n) is 11.8. The van der Waals surface area contributed by atoms with E-state index in [9.17, 15) is 4.79 Å². The van der Waals surface area contributed by atoms with Crippen molar-refractivity contribution in [1.29, 1.82) is 0 Å². The number of methoxy groups -OCH3 is 1. The van der Waals surface area contributed by atoms with E-state index in [2.05, 4.69) is 13.8 Å². The maximum atomic E-state index is 12.5. The summed E-state index contributed by atoms with van der Waals surface area (Å²) in [7, 11) is 1.60. The van der Waals surface area contributed by atoms with Gasteiger partial charge in [-0.25, -0.2) is 0 Å². The molecule has 0 aliphatic carbocycles. The Morgan fingerprint density at radius 3 is 2.84 bits per heavy atom. The number of hydrogen-bond donors (Lipinski definition) is 1. The predicted octanol–water partition coefficient (Wildman–Crippen LogP) is 1.89. The molecule has 1 fully saturated rings. The molecule has 1 unspecified atom stereocenters. The van der Waals surface area contributed by atoms with Crippen LogP contribution in [0.4, 0.5) is 0 Å². The minimum Gasteiger partial charge on any atom is -0.497 e. The van der Waals surface area contributed by atoms with E-state index in [1.165, 1.54) is 0 Å². The number of amides is 1. The lowest BCUT2D eigenvalue weighted by atomic mass is 9.79. The van der Waals surface area contributed by atoms with Gasteiger partial charge < -0.3 is 15.4 Å². The lowest BCUT2D eigenvalue weighted by Crippen LogP contribution is -2.53. The van der Waals surface area contributed by atoms with Gasteiger partial charge in [-0.3, -0.25) is 4.79 Å². The van der Waals surface area contributed by atoms with Crippen LogP contribution >= 0.6 is 0 Å². The molecule has 0 radical (unpaired) electrons. The topological polar surface area (TPSA) is 55.6 Å². The van der Waals surface area contributed by atoms with Crippen LogP contribution in [-0.4, -0.2) is 37.0 Å². The van der Waals surface area contributed by atoms with Gasteiger partial charge in [-0.05, 0) is 30.0 Å². The Morgan fingerprint density at radius 1 is 1.47 bits per heavy atom. The number of piperidine rings is 1. The van der Waals surface area contributed by atoms with E-state index >= 15 is 0 Å². The number of hydrogen-bond acceptors (Lipinski definition) is 3. The van der Waals surface area contributed by atoms with Crippen LogP contribution in [0, 0.1) is 5.41 Å². The van der Waals surface area contributed by atoms with Crippen molar-refractivity contribution in [2.75, 3.05) is 20.2 Å². The van der Waals surface area contributed by atoms with Gasteiger partial charge in [0, 0.05) is 24.7 Å². The van der Waals surface area contributed by atoms with Gasteiger partial charge >= 0.3 is 0 Å². The van der Waals surface area contributed by atoms with Crippen molar-refractivity contribution in [1.82, 2.24) is 4.90 Å². The van der Waals surface area contributed by atoms with E-state index in [-0.39, 0.29) is 17.4 Å². The van der Waals surface area contributed by atoms with Gasteiger partial charge in [-0.1, -0.05) is 19.9 Å². The molecule has 0 bridgehead atoms. The highest BCUT2D eigenvalue weighted by Crippen LogP contribution is 2.28. The Balaban J connectivity index is 2.15. The van der Waals surface area contributed by atoms with Crippen molar-refractivity contribution in [3.05, 3.63) is 29.8 Å². The summed E-state index contributed by atoms with van der Waals surface area (Å²) in [5, 5.41) is 0. The second-order valence-corrected chi connectivity index (χ2v) is 5.84. The zero-order chi connectivity index (χ0) is 14.0. The van der Waals surface area contributed by atoms with Crippen LogP contribution in [0.2, 0.25) is 0 Å². The molecule has 4 nitrogen and oxygen atoms in total. The number of benzene rings is 1. The van der Waals surface area contributed by atoms with Gasteiger partial charge in [-0.15, -0.1) is 0 Å². The average molecular weight is 262 g/mol. The molecule has 1 atom stereocenters. The molecule has 1 amide bonds. The van der Waals surface area contributed by atoms with Crippen LogP contribution in [-0.2, 0) is 0 Å². The van der Waals surface area contributed by atoms with Gasteiger partial charge in [0.25, 0.3) is 5.91 Å². The minimum atomic E-state index is -0.0349. The number of rotatable bonds is 2. The monoisotopic (exact) mass is 262 g/mol. The van der Waals surface area contributed by atoms with E-state index in [1.54, 1.807) is 13.2 Å². The number of carbonyl (C=O) groups excluding carboxylic acids is 1. The first-order valence-corrected chi connectivity index (χ1v) is 6.63. The third kappa shape index (κ3) is 2.89.